The highest BCUT2D eigenvalue weighted by atomic mass is 19.4. The van der Waals surface area contributed by atoms with Crippen molar-refractivity contribution in [2.45, 2.75) is 25.9 Å². The third kappa shape index (κ3) is 3.90. The molecule has 1 aromatic rings. The van der Waals surface area contributed by atoms with Crippen LogP contribution in [0.25, 0.3) is 0 Å². The highest BCUT2D eigenvalue weighted by Crippen LogP contribution is 2.35. The van der Waals surface area contributed by atoms with Gasteiger partial charge in [0.2, 0.25) is 0 Å². The van der Waals surface area contributed by atoms with Crippen LogP contribution >= 0.6 is 0 Å². The fraction of sp³-hybridized carbons (Fsp3) is 0.429. The number of hydrogen-bond acceptors (Lipinski definition) is 4. The smallest absolute Gasteiger partial charge is 0.428 e. The van der Waals surface area contributed by atoms with Gasteiger partial charge in [0.15, 0.2) is 0 Å². The first-order valence-electron chi connectivity index (χ1n) is 6.86. The number of benzene rings is 1. The minimum atomic E-state index is -4.48. The van der Waals surface area contributed by atoms with E-state index in [1.807, 2.05) is 6.92 Å². The minimum Gasteiger partial charge on any atom is -0.442 e. The molecule has 22 heavy (non-hydrogen) atoms. The molecule has 0 unspecified atom stereocenters. The maximum Gasteiger partial charge on any atom is 0.428 e. The van der Waals surface area contributed by atoms with E-state index in [1.165, 1.54) is 12.1 Å². The summed E-state index contributed by atoms with van der Waals surface area (Å²) in [5.74, 6) is 0. The Labute approximate surface area is 125 Å². The Kier molecular flexibility index (Phi) is 4.89. The Morgan fingerprint density at radius 3 is 2.77 bits per heavy atom. The summed E-state index contributed by atoms with van der Waals surface area (Å²) in [5, 5.41) is 6.51. The van der Waals surface area contributed by atoms with Gasteiger partial charge in [0.25, 0.3) is 0 Å². The standard InChI is InChI=1S/C14H16F3N3O2/c1-2-3-6-18-11-5-4-9(7-10(11)14(15,16)17)12-8-22-13(21)20-19-12/h4-5,7,18H,2-3,6,8H2,1H3,(H,20,21). The number of ether oxygens (including phenoxy) is 1. The van der Waals surface area contributed by atoms with E-state index in [-0.39, 0.29) is 23.6 Å². The van der Waals surface area contributed by atoms with Gasteiger partial charge in [0.05, 0.1) is 5.56 Å². The lowest BCUT2D eigenvalue weighted by molar-refractivity contribution is -0.137. The summed E-state index contributed by atoms with van der Waals surface area (Å²) >= 11 is 0. The number of hydrogen-bond donors (Lipinski definition) is 2. The van der Waals surface area contributed by atoms with Crippen molar-refractivity contribution in [1.29, 1.82) is 0 Å². The molecule has 1 amide bonds. The molecule has 0 radical (unpaired) electrons. The molecule has 0 aliphatic carbocycles. The van der Waals surface area contributed by atoms with Crippen molar-refractivity contribution < 1.29 is 22.7 Å². The van der Waals surface area contributed by atoms with Gasteiger partial charge in [-0.15, -0.1) is 0 Å². The van der Waals surface area contributed by atoms with E-state index in [4.69, 9.17) is 4.74 Å². The summed E-state index contributed by atoms with van der Waals surface area (Å²) in [5.41, 5.74) is 1.84. The van der Waals surface area contributed by atoms with Crippen LogP contribution < -0.4 is 10.7 Å². The molecule has 1 aliphatic heterocycles. The number of cyclic esters (lactones) is 1. The lowest BCUT2D eigenvalue weighted by atomic mass is 10.0. The second-order valence-corrected chi connectivity index (χ2v) is 4.78. The molecular formula is C14H16F3N3O2. The van der Waals surface area contributed by atoms with Crippen molar-refractivity contribution in [2.75, 3.05) is 18.5 Å². The van der Waals surface area contributed by atoms with Crippen LogP contribution in [-0.2, 0) is 10.9 Å². The topological polar surface area (TPSA) is 62.7 Å². The van der Waals surface area contributed by atoms with Crippen LogP contribution in [0.15, 0.2) is 23.3 Å². The van der Waals surface area contributed by atoms with Gasteiger partial charge >= 0.3 is 12.3 Å². The molecule has 0 saturated carbocycles. The Morgan fingerprint density at radius 2 is 2.18 bits per heavy atom. The average molecular weight is 315 g/mol. The van der Waals surface area contributed by atoms with Crippen molar-refractivity contribution >= 4 is 17.5 Å². The first-order chi connectivity index (χ1) is 10.4. The molecule has 8 heteroatoms. The Morgan fingerprint density at radius 1 is 1.41 bits per heavy atom. The normalized spacial score (nSPS) is 14.9. The molecule has 1 heterocycles. The van der Waals surface area contributed by atoms with Crippen molar-refractivity contribution in [2.24, 2.45) is 5.10 Å². The predicted octanol–water partition coefficient (Wildman–Crippen LogP) is 3.36. The SMILES string of the molecule is CCCCNc1ccc(C2=NNC(=O)OC2)cc1C(F)(F)F. The Balaban J connectivity index is 2.29. The van der Waals surface area contributed by atoms with Crippen LogP contribution in [0.3, 0.4) is 0 Å². The number of carbonyl (C=O) groups is 1. The number of halogens is 3. The van der Waals surface area contributed by atoms with Gasteiger partial charge in [-0.25, -0.2) is 10.2 Å². The molecule has 0 spiro atoms. The lowest BCUT2D eigenvalue weighted by Crippen LogP contribution is -2.30. The van der Waals surface area contributed by atoms with Crippen LogP contribution in [0.1, 0.15) is 30.9 Å². The van der Waals surface area contributed by atoms with E-state index in [1.54, 1.807) is 0 Å². The Bertz CT molecular complexity index is 585. The third-order valence-electron chi connectivity index (χ3n) is 3.13. The summed E-state index contributed by atoms with van der Waals surface area (Å²) in [4.78, 5) is 10.8. The quantitative estimate of drug-likeness (QED) is 0.819. The van der Waals surface area contributed by atoms with Gasteiger partial charge in [-0.3, -0.25) is 0 Å². The maximum absolute atomic E-state index is 13.2. The number of rotatable bonds is 5. The summed E-state index contributed by atoms with van der Waals surface area (Å²) in [7, 11) is 0. The number of anilines is 1. The number of nitrogens with zero attached hydrogens (tertiary/aromatic N) is 1. The van der Waals surface area contributed by atoms with Crippen LogP contribution in [0, 0.1) is 0 Å². The molecule has 2 N–H and O–H groups in total. The van der Waals surface area contributed by atoms with Crippen molar-refractivity contribution in [1.82, 2.24) is 5.43 Å². The molecule has 0 aromatic heterocycles. The van der Waals surface area contributed by atoms with Crippen molar-refractivity contribution in [3.63, 3.8) is 0 Å². The summed E-state index contributed by atoms with van der Waals surface area (Å²) < 4.78 is 44.3. The van der Waals surface area contributed by atoms with Gasteiger partial charge < -0.3 is 10.1 Å². The molecule has 1 aromatic carbocycles. The van der Waals surface area contributed by atoms with Crippen molar-refractivity contribution in [3.05, 3.63) is 29.3 Å². The molecular weight excluding hydrogens is 299 g/mol. The molecule has 0 saturated heterocycles. The van der Waals surface area contributed by atoms with Gasteiger partial charge in [-0.1, -0.05) is 19.4 Å². The van der Waals surface area contributed by atoms with Crippen molar-refractivity contribution in [3.8, 4) is 0 Å². The van der Waals surface area contributed by atoms with E-state index in [9.17, 15) is 18.0 Å². The van der Waals surface area contributed by atoms with E-state index in [0.29, 0.717) is 6.54 Å². The fourth-order valence-electron chi connectivity index (χ4n) is 1.97. The fourth-order valence-corrected chi connectivity index (χ4v) is 1.97. The summed E-state index contributed by atoms with van der Waals surface area (Å²) in [6, 6.07) is 3.89. The zero-order valence-electron chi connectivity index (χ0n) is 12.0. The number of hydrazone groups is 1. The Hall–Kier alpha value is -2.25. The molecule has 0 fully saturated rings. The lowest BCUT2D eigenvalue weighted by Gasteiger charge is -2.18. The molecule has 2 rings (SSSR count). The largest absolute Gasteiger partial charge is 0.442 e. The van der Waals surface area contributed by atoms with Gasteiger partial charge in [-0.2, -0.15) is 18.3 Å². The zero-order valence-corrected chi connectivity index (χ0v) is 12.0. The van der Waals surface area contributed by atoms with E-state index in [2.05, 4.69) is 15.8 Å². The molecule has 0 bridgehead atoms. The molecule has 5 nitrogen and oxygen atoms in total. The first kappa shape index (κ1) is 16.1. The highest BCUT2D eigenvalue weighted by Gasteiger charge is 2.34. The third-order valence-corrected chi connectivity index (χ3v) is 3.13. The number of carbonyl (C=O) groups excluding carboxylic acids is 1. The highest BCUT2D eigenvalue weighted by molar-refractivity contribution is 6.04. The van der Waals surface area contributed by atoms with Gasteiger partial charge in [-0.05, 0) is 18.6 Å². The van der Waals surface area contributed by atoms with Gasteiger partial charge in [0, 0.05) is 17.8 Å². The van der Waals surface area contributed by atoms with Gasteiger partial charge in [0.1, 0.15) is 12.3 Å². The number of amides is 1. The van der Waals surface area contributed by atoms with E-state index < -0.39 is 17.8 Å². The minimum absolute atomic E-state index is 0.0334. The first-order valence-corrected chi connectivity index (χ1v) is 6.86. The van der Waals surface area contributed by atoms with Crippen LogP contribution in [0.2, 0.25) is 0 Å². The molecule has 1 aliphatic rings. The molecule has 120 valence electrons. The second kappa shape index (κ2) is 6.67. The summed E-state index contributed by atoms with van der Waals surface area (Å²) in [6.45, 7) is 2.27. The van der Waals surface area contributed by atoms with Crippen LogP contribution in [-0.4, -0.2) is 25.0 Å². The van der Waals surface area contributed by atoms with Crippen LogP contribution in [0.5, 0.6) is 0 Å². The number of unbranched alkanes of at least 4 members (excludes halogenated alkanes) is 1. The average Bonchev–Trinajstić information content (AvgIpc) is 2.47. The number of alkyl halides is 3. The maximum atomic E-state index is 13.2. The summed E-state index contributed by atoms with van der Waals surface area (Å²) in [6.07, 6.45) is -3.53. The molecule has 0 atom stereocenters. The van der Waals surface area contributed by atoms with Crippen LogP contribution in [0.4, 0.5) is 23.7 Å². The zero-order chi connectivity index (χ0) is 16.2. The van der Waals surface area contributed by atoms with E-state index >= 15 is 0 Å². The monoisotopic (exact) mass is 315 g/mol. The second-order valence-electron chi connectivity index (χ2n) is 4.78. The van der Waals surface area contributed by atoms with E-state index in [0.717, 1.165) is 18.9 Å². The number of nitrogens with one attached hydrogen (secondary N) is 2. The predicted molar refractivity (Wildman–Crippen MR) is 75.9 cm³/mol.